The van der Waals surface area contributed by atoms with Gasteiger partial charge in [0.05, 0.1) is 24.5 Å². The van der Waals surface area contributed by atoms with Crippen molar-refractivity contribution in [1.29, 1.82) is 0 Å². The highest BCUT2D eigenvalue weighted by Crippen LogP contribution is 2.08. The van der Waals surface area contributed by atoms with Gasteiger partial charge >= 0.3 is 6.03 Å². The molecule has 0 radical (unpaired) electrons. The molecule has 2 aromatic rings. The first kappa shape index (κ1) is 15.0. The number of aliphatic hydroxyl groups excluding tert-OH is 1. The molecule has 1 atom stereocenters. The van der Waals surface area contributed by atoms with Gasteiger partial charge < -0.3 is 10.4 Å². The number of carbonyl (C=O) groups is 1. The van der Waals surface area contributed by atoms with Crippen LogP contribution in [0.25, 0.3) is 0 Å². The Kier molecular flexibility index (Phi) is 5.28. The minimum atomic E-state index is -0.431. The standard InChI is InChI=1S/C14H19N5O2/c1-11(20)5-8-16-14(21)18-13-6-9-17-19(13)10-12-4-2-3-7-15-12/h2-4,6-7,9,11,20H,5,8,10H2,1H3,(H2,16,18,21). The van der Waals surface area contributed by atoms with Crippen molar-refractivity contribution in [2.24, 2.45) is 0 Å². The number of hydrogen-bond acceptors (Lipinski definition) is 4. The molecule has 0 aliphatic heterocycles. The first-order valence-corrected chi connectivity index (χ1v) is 6.80. The molecule has 2 amide bonds. The van der Waals surface area contributed by atoms with Gasteiger partial charge in [-0.05, 0) is 25.5 Å². The summed E-state index contributed by atoms with van der Waals surface area (Å²) in [6.45, 7) is 2.58. The van der Waals surface area contributed by atoms with Crippen LogP contribution in [0.4, 0.5) is 10.6 Å². The second kappa shape index (κ2) is 7.39. The zero-order valence-corrected chi connectivity index (χ0v) is 11.9. The van der Waals surface area contributed by atoms with Crippen LogP contribution >= 0.6 is 0 Å². The van der Waals surface area contributed by atoms with Gasteiger partial charge in [-0.15, -0.1) is 0 Å². The van der Waals surface area contributed by atoms with Crippen LogP contribution < -0.4 is 10.6 Å². The van der Waals surface area contributed by atoms with Crippen LogP contribution in [0, 0.1) is 0 Å². The van der Waals surface area contributed by atoms with Crippen molar-refractivity contribution in [3.8, 4) is 0 Å². The number of carbonyl (C=O) groups excluding carboxylic acids is 1. The number of urea groups is 1. The molecule has 0 saturated heterocycles. The highest BCUT2D eigenvalue weighted by atomic mass is 16.3. The fourth-order valence-corrected chi connectivity index (χ4v) is 1.77. The summed E-state index contributed by atoms with van der Waals surface area (Å²) in [5.41, 5.74) is 0.860. The maximum absolute atomic E-state index is 11.7. The molecule has 2 rings (SSSR count). The molecule has 0 aromatic carbocycles. The molecule has 2 aromatic heterocycles. The van der Waals surface area contributed by atoms with E-state index in [-0.39, 0.29) is 6.03 Å². The lowest BCUT2D eigenvalue weighted by atomic mass is 10.3. The molecule has 0 saturated carbocycles. The number of hydrogen-bond donors (Lipinski definition) is 3. The monoisotopic (exact) mass is 289 g/mol. The van der Waals surface area contributed by atoms with Crippen molar-refractivity contribution < 1.29 is 9.90 Å². The van der Waals surface area contributed by atoms with E-state index in [2.05, 4.69) is 20.7 Å². The predicted octanol–water partition coefficient (Wildman–Crippen LogP) is 1.22. The summed E-state index contributed by atoms with van der Waals surface area (Å²) in [5.74, 6) is 0.593. The van der Waals surface area contributed by atoms with E-state index in [0.29, 0.717) is 25.3 Å². The summed E-state index contributed by atoms with van der Waals surface area (Å²) in [4.78, 5) is 16.0. The Morgan fingerprint density at radius 3 is 2.95 bits per heavy atom. The first-order chi connectivity index (χ1) is 10.1. The lowest BCUT2D eigenvalue weighted by Gasteiger charge is -2.10. The van der Waals surface area contributed by atoms with Crippen molar-refractivity contribution >= 4 is 11.8 Å². The van der Waals surface area contributed by atoms with Crippen molar-refractivity contribution in [3.63, 3.8) is 0 Å². The topological polar surface area (TPSA) is 92.1 Å². The van der Waals surface area contributed by atoms with Crippen LogP contribution in [-0.2, 0) is 6.54 Å². The van der Waals surface area contributed by atoms with Gasteiger partial charge in [0.1, 0.15) is 5.82 Å². The number of anilines is 1. The number of rotatable bonds is 6. The van der Waals surface area contributed by atoms with Crippen LogP contribution in [0.5, 0.6) is 0 Å². The summed E-state index contributed by atoms with van der Waals surface area (Å²) in [6.07, 6.45) is 3.42. The van der Waals surface area contributed by atoms with Gasteiger partial charge in [0.25, 0.3) is 0 Å². The molecule has 7 nitrogen and oxygen atoms in total. The fraction of sp³-hybridized carbons (Fsp3) is 0.357. The summed E-state index contributed by atoms with van der Waals surface area (Å²) in [6, 6.07) is 7.05. The average molecular weight is 289 g/mol. The maximum atomic E-state index is 11.7. The molecule has 0 fully saturated rings. The van der Waals surface area contributed by atoms with Crippen molar-refractivity contribution in [3.05, 3.63) is 42.4 Å². The molecular weight excluding hydrogens is 270 g/mol. The van der Waals surface area contributed by atoms with Crippen molar-refractivity contribution in [2.75, 3.05) is 11.9 Å². The third-order valence-electron chi connectivity index (χ3n) is 2.84. The van der Waals surface area contributed by atoms with Crippen LogP contribution in [0.2, 0.25) is 0 Å². The van der Waals surface area contributed by atoms with Gasteiger partial charge in [0, 0.05) is 18.8 Å². The average Bonchev–Trinajstić information content (AvgIpc) is 2.86. The number of aliphatic hydroxyl groups is 1. The van der Waals surface area contributed by atoms with Gasteiger partial charge in [-0.1, -0.05) is 6.07 Å². The van der Waals surface area contributed by atoms with E-state index in [4.69, 9.17) is 5.11 Å². The first-order valence-electron chi connectivity index (χ1n) is 6.80. The second-order valence-corrected chi connectivity index (χ2v) is 4.71. The maximum Gasteiger partial charge on any atom is 0.320 e. The highest BCUT2D eigenvalue weighted by molar-refractivity contribution is 5.88. The predicted molar refractivity (Wildman–Crippen MR) is 78.9 cm³/mol. The molecule has 7 heteroatoms. The number of nitrogens with one attached hydrogen (secondary N) is 2. The van der Waals surface area contributed by atoms with E-state index in [0.717, 1.165) is 5.69 Å². The molecule has 3 N–H and O–H groups in total. The van der Waals surface area contributed by atoms with E-state index >= 15 is 0 Å². The zero-order chi connectivity index (χ0) is 15.1. The molecule has 0 aliphatic carbocycles. The molecule has 2 heterocycles. The number of aromatic nitrogens is 3. The van der Waals surface area contributed by atoms with Gasteiger partial charge in [0.15, 0.2) is 0 Å². The molecule has 0 aliphatic rings. The van der Waals surface area contributed by atoms with Crippen LogP contribution in [-0.4, -0.2) is 38.6 Å². The van der Waals surface area contributed by atoms with E-state index in [9.17, 15) is 4.79 Å². The van der Waals surface area contributed by atoms with Crippen molar-refractivity contribution in [1.82, 2.24) is 20.1 Å². The lowest BCUT2D eigenvalue weighted by Crippen LogP contribution is -2.31. The SMILES string of the molecule is CC(O)CCNC(=O)Nc1ccnn1Cc1ccccn1. The molecular formula is C14H19N5O2. The van der Waals surface area contributed by atoms with Gasteiger partial charge in [-0.2, -0.15) is 5.10 Å². The fourth-order valence-electron chi connectivity index (χ4n) is 1.77. The third kappa shape index (κ3) is 4.88. The summed E-state index contributed by atoms with van der Waals surface area (Å²) in [7, 11) is 0. The van der Waals surface area contributed by atoms with Crippen LogP contribution in [0.15, 0.2) is 36.7 Å². The second-order valence-electron chi connectivity index (χ2n) is 4.71. The Bertz CT molecular complexity index is 568. The van der Waals surface area contributed by atoms with Gasteiger partial charge in [-0.3, -0.25) is 10.3 Å². The Morgan fingerprint density at radius 2 is 2.24 bits per heavy atom. The molecule has 0 spiro atoms. The van der Waals surface area contributed by atoms with Gasteiger partial charge in [0.2, 0.25) is 0 Å². The molecule has 21 heavy (non-hydrogen) atoms. The van der Waals surface area contributed by atoms with Gasteiger partial charge in [-0.25, -0.2) is 9.48 Å². The quantitative estimate of drug-likeness (QED) is 0.745. The molecule has 0 bridgehead atoms. The number of amides is 2. The normalized spacial score (nSPS) is 11.9. The lowest BCUT2D eigenvalue weighted by molar-refractivity contribution is 0.184. The Balaban J connectivity index is 1.90. The highest BCUT2D eigenvalue weighted by Gasteiger charge is 2.08. The zero-order valence-electron chi connectivity index (χ0n) is 11.9. The van der Waals surface area contributed by atoms with E-state index in [1.807, 2.05) is 18.2 Å². The largest absolute Gasteiger partial charge is 0.393 e. The van der Waals surface area contributed by atoms with Crippen LogP contribution in [0.1, 0.15) is 19.0 Å². The Hall–Kier alpha value is -2.41. The number of nitrogens with zero attached hydrogens (tertiary/aromatic N) is 3. The number of pyridine rings is 1. The Morgan fingerprint density at radius 1 is 1.38 bits per heavy atom. The van der Waals surface area contributed by atoms with E-state index in [1.54, 1.807) is 30.1 Å². The Labute approximate surface area is 123 Å². The van der Waals surface area contributed by atoms with Crippen molar-refractivity contribution in [2.45, 2.75) is 26.0 Å². The summed E-state index contributed by atoms with van der Waals surface area (Å²) < 4.78 is 1.66. The third-order valence-corrected chi connectivity index (χ3v) is 2.84. The minimum Gasteiger partial charge on any atom is -0.393 e. The van der Waals surface area contributed by atoms with E-state index in [1.165, 1.54) is 0 Å². The molecule has 1 unspecified atom stereocenters. The summed E-state index contributed by atoms with van der Waals surface area (Å²) in [5, 5.41) is 18.7. The van der Waals surface area contributed by atoms with E-state index < -0.39 is 6.10 Å². The minimum absolute atomic E-state index is 0.321. The van der Waals surface area contributed by atoms with Crippen LogP contribution in [0.3, 0.4) is 0 Å². The smallest absolute Gasteiger partial charge is 0.320 e. The molecule has 112 valence electrons. The summed E-state index contributed by atoms with van der Waals surface area (Å²) >= 11 is 0.